The maximum Gasteiger partial charge on any atom is 0.122 e. The highest BCUT2D eigenvalue weighted by Gasteiger charge is 2.42. The highest BCUT2D eigenvalue weighted by atomic mass is 15.4. The van der Waals surface area contributed by atoms with E-state index in [0.717, 1.165) is 4.48 Å². The SMILES string of the molecule is CCCCCCCCCCCCCCCCCCC(C)(c1ccccc1C)[N+](C)(C)CCCCCCCCCCCCCCCC. The number of rotatable bonds is 34. The summed E-state index contributed by atoms with van der Waals surface area (Å²) in [6, 6.07) is 9.28. The van der Waals surface area contributed by atoms with Crippen molar-refractivity contribution in [3.8, 4) is 0 Å². The van der Waals surface area contributed by atoms with Crippen LogP contribution in [0.4, 0.5) is 0 Å². The predicted molar refractivity (Wildman–Crippen MR) is 210 cm³/mol. The van der Waals surface area contributed by atoms with E-state index in [1.807, 2.05) is 0 Å². The molecular weight excluding hydrogens is 555 g/mol. The van der Waals surface area contributed by atoms with E-state index in [0.29, 0.717) is 0 Å². The second-order valence-electron chi connectivity index (χ2n) is 16.1. The lowest BCUT2D eigenvalue weighted by molar-refractivity contribution is -0.948. The van der Waals surface area contributed by atoms with Crippen molar-refractivity contribution in [3.05, 3.63) is 35.4 Å². The fourth-order valence-electron chi connectivity index (χ4n) is 7.91. The van der Waals surface area contributed by atoms with Gasteiger partial charge in [-0.1, -0.05) is 211 Å². The van der Waals surface area contributed by atoms with Crippen molar-refractivity contribution in [3.63, 3.8) is 0 Å². The standard InChI is InChI=1S/C45H86N/c1-7-9-11-13-15-17-19-21-23-24-25-27-29-31-33-37-41-45(4,44-40-36-35-39-43(44)3)46(5,6)42-38-34-32-30-28-26-22-20-18-16-14-12-10-8-2/h35-36,39-40H,7-34,37-38,41-42H2,1-6H3/q+1. The highest BCUT2D eigenvalue weighted by Crippen LogP contribution is 2.39. The first-order valence-corrected chi connectivity index (χ1v) is 21.3. The molecule has 0 saturated heterocycles. The van der Waals surface area contributed by atoms with Crippen LogP contribution in [0.5, 0.6) is 0 Å². The summed E-state index contributed by atoms with van der Waals surface area (Å²) in [4.78, 5) is 0. The number of unbranched alkanes of at least 4 members (excludes halogenated alkanes) is 28. The van der Waals surface area contributed by atoms with Crippen LogP contribution in [0.2, 0.25) is 0 Å². The van der Waals surface area contributed by atoms with Crippen LogP contribution in [0.1, 0.15) is 231 Å². The Hall–Kier alpha value is -0.820. The summed E-state index contributed by atoms with van der Waals surface area (Å²) in [5.41, 5.74) is 3.26. The minimum atomic E-state index is 0.192. The average Bonchev–Trinajstić information content (AvgIpc) is 3.04. The Morgan fingerprint density at radius 1 is 0.435 bits per heavy atom. The maximum atomic E-state index is 2.59. The molecule has 1 nitrogen and oxygen atoms in total. The fraction of sp³-hybridized carbons (Fsp3) is 0.867. The zero-order valence-corrected chi connectivity index (χ0v) is 32.9. The molecule has 0 aliphatic carbocycles. The summed E-state index contributed by atoms with van der Waals surface area (Å²) < 4.78 is 1.12. The van der Waals surface area contributed by atoms with Crippen molar-refractivity contribution in [2.45, 2.75) is 232 Å². The topological polar surface area (TPSA) is 0 Å². The molecule has 1 rings (SSSR count). The molecule has 1 unspecified atom stereocenters. The number of nitrogens with zero attached hydrogens (tertiary/aromatic N) is 1. The molecule has 1 aromatic carbocycles. The van der Waals surface area contributed by atoms with E-state index < -0.39 is 0 Å². The van der Waals surface area contributed by atoms with Crippen molar-refractivity contribution in [2.75, 3.05) is 20.6 Å². The molecule has 0 fully saturated rings. The van der Waals surface area contributed by atoms with Gasteiger partial charge >= 0.3 is 0 Å². The van der Waals surface area contributed by atoms with Gasteiger partial charge in [0, 0.05) is 12.0 Å². The zero-order chi connectivity index (χ0) is 33.6. The summed E-state index contributed by atoms with van der Waals surface area (Å²) in [7, 11) is 5.06. The monoisotopic (exact) mass is 641 g/mol. The van der Waals surface area contributed by atoms with Gasteiger partial charge in [0.15, 0.2) is 0 Å². The van der Waals surface area contributed by atoms with E-state index in [1.54, 1.807) is 5.56 Å². The maximum absolute atomic E-state index is 2.59. The van der Waals surface area contributed by atoms with Gasteiger partial charge in [0.25, 0.3) is 0 Å². The summed E-state index contributed by atoms with van der Waals surface area (Å²) in [6.07, 6.45) is 44.5. The molecule has 0 heterocycles. The lowest BCUT2D eigenvalue weighted by atomic mass is 9.80. The van der Waals surface area contributed by atoms with E-state index >= 15 is 0 Å². The van der Waals surface area contributed by atoms with Crippen LogP contribution in [0.15, 0.2) is 24.3 Å². The number of hydrogen-bond acceptors (Lipinski definition) is 0. The Bertz CT molecular complexity index is 781. The molecule has 0 aromatic heterocycles. The van der Waals surface area contributed by atoms with Gasteiger partial charge in [-0.05, 0) is 38.7 Å². The lowest BCUT2D eigenvalue weighted by Gasteiger charge is -2.48. The van der Waals surface area contributed by atoms with Gasteiger partial charge in [0.05, 0.1) is 20.6 Å². The van der Waals surface area contributed by atoms with Crippen molar-refractivity contribution in [1.82, 2.24) is 0 Å². The van der Waals surface area contributed by atoms with Crippen molar-refractivity contribution < 1.29 is 4.48 Å². The van der Waals surface area contributed by atoms with Crippen molar-refractivity contribution >= 4 is 0 Å². The van der Waals surface area contributed by atoms with Crippen LogP contribution in [0.25, 0.3) is 0 Å². The molecule has 0 N–H and O–H groups in total. The van der Waals surface area contributed by atoms with Gasteiger partial charge in [-0.2, -0.15) is 0 Å². The third kappa shape index (κ3) is 20.5. The van der Waals surface area contributed by atoms with Gasteiger partial charge in [0.2, 0.25) is 0 Å². The Morgan fingerprint density at radius 2 is 0.739 bits per heavy atom. The van der Waals surface area contributed by atoms with Crippen molar-refractivity contribution in [2.24, 2.45) is 0 Å². The van der Waals surface area contributed by atoms with Gasteiger partial charge in [-0.3, -0.25) is 0 Å². The fourth-order valence-corrected chi connectivity index (χ4v) is 7.91. The molecule has 0 amide bonds. The Morgan fingerprint density at radius 3 is 1.09 bits per heavy atom. The Labute approximate surface area is 292 Å². The number of benzene rings is 1. The first kappa shape index (κ1) is 43.2. The van der Waals surface area contributed by atoms with Gasteiger partial charge in [-0.25, -0.2) is 0 Å². The second kappa shape index (κ2) is 29.1. The summed E-state index contributed by atoms with van der Waals surface area (Å²) in [5, 5.41) is 0. The molecule has 1 atom stereocenters. The average molecular weight is 641 g/mol. The number of quaternary nitrogens is 1. The summed E-state index contributed by atoms with van der Waals surface area (Å²) >= 11 is 0. The molecule has 0 saturated carbocycles. The van der Waals surface area contributed by atoms with Gasteiger partial charge in [-0.15, -0.1) is 0 Å². The molecule has 0 spiro atoms. The summed E-state index contributed by atoms with van der Waals surface area (Å²) in [6.45, 7) is 10.8. The zero-order valence-electron chi connectivity index (χ0n) is 32.9. The molecule has 270 valence electrons. The molecule has 0 bridgehead atoms. The molecule has 0 aliphatic heterocycles. The van der Waals surface area contributed by atoms with E-state index in [1.165, 1.54) is 211 Å². The van der Waals surface area contributed by atoms with Gasteiger partial charge < -0.3 is 4.48 Å². The van der Waals surface area contributed by atoms with E-state index in [4.69, 9.17) is 0 Å². The van der Waals surface area contributed by atoms with Crippen LogP contribution < -0.4 is 0 Å². The molecule has 0 radical (unpaired) electrons. The van der Waals surface area contributed by atoms with Crippen LogP contribution in [-0.2, 0) is 5.54 Å². The largest absolute Gasteiger partial charge is 0.320 e. The highest BCUT2D eigenvalue weighted by molar-refractivity contribution is 5.31. The van der Waals surface area contributed by atoms with E-state index in [-0.39, 0.29) is 5.54 Å². The van der Waals surface area contributed by atoms with Crippen molar-refractivity contribution in [1.29, 1.82) is 0 Å². The van der Waals surface area contributed by atoms with Gasteiger partial charge in [0.1, 0.15) is 5.54 Å². The molecule has 1 aromatic rings. The Balaban J connectivity index is 2.26. The minimum absolute atomic E-state index is 0.192. The lowest BCUT2D eigenvalue weighted by Crippen LogP contribution is -2.56. The summed E-state index contributed by atoms with van der Waals surface area (Å²) in [5.74, 6) is 0. The second-order valence-corrected chi connectivity index (χ2v) is 16.1. The van der Waals surface area contributed by atoms with Crippen LogP contribution in [0, 0.1) is 6.92 Å². The molecule has 1 heteroatoms. The normalized spacial score (nSPS) is 13.3. The van der Waals surface area contributed by atoms with Crippen LogP contribution in [-0.4, -0.2) is 25.1 Å². The van der Waals surface area contributed by atoms with Crippen LogP contribution >= 0.6 is 0 Å². The van der Waals surface area contributed by atoms with E-state index in [2.05, 4.69) is 66.1 Å². The quantitative estimate of drug-likeness (QED) is 0.0519. The Kier molecular flexibility index (Phi) is 27.4. The first-order valence-electron chi connectivity index (χ1n) is 21.3. The minimum Gasteiger partial charge on any atom is -0.320 e. The first-order chi connectivity index (χ1) is 22.4. The molecule has 0 aliphatic rings. The van der Waals surface area contributed by atoms with Crippen LogP contribution in [0.3, 0.4) is 0 Å². The molecular formula is C45H86N+. The molecule has 46 heavy (non-hydrogen) atoms. The number of aryl methyl sites for hydroxylation is 1. The predicted octanol–water partition coefficient (Wildman–Crippen LogP) is 15.4. The number of hydrogen-bond donors (Lipinski definition) is 0. The third-order valence-corrected chi connectivity index (χ3v) is 11.6. The smallest absolute Gasteiger partial charge is 0.122 e. The van der Waals surface area contributed by atoms with E-state index in [9.17, 15) is 0 Å². The third-order valence-electron chi connectivity index (χ3n) is 11.6.